The van der Waals surface area contributed by atoms with Crippen molar-refractivity contribution in [3.8, 4) is 5.75 Å². The van der Waals surface area contributed by atoms with Crippen molar-refractivity contribution < 1.29 is 43.2 Å². The SMILES string of the molecule is CN[C@H](COCc1ccc(OC)cc1)[C@H]1C(=O)N(C(=O)OC(C)(C)C)[C@@](COCc2ccccc2)(C(=O)OC)[C@H]1O. The highest BCUT2D eigenvalue weighted by Crippen LogP contribution is 2.39. The van der Waals surface area contributed by atoms with Crippen LogP contribution in [-0.4, -0.2) is 85.7 Å². The van der Waals surface area contributed by atoms with E-state index in [1.54, 1.807) is 47.1 Å². The minimum Gasteiger partial charge on any atom is -0.497 e. The summed E-state index contributed by atoms with van der Waals surface area (Å²) in [7, 11) is 4.30. The summed E-state index contributed by atoms with van der Waals surface area (Å²) in [6.45, 7) is 4.66. The molecule has 2 aromatic rings. The second-order valence-corrected chi connectivity index (χ2v) is 10.8. The number of hydrogen-bond donors (Lipinski definition) is 2. The summed E-state index contributed by atoms with van der Waals surface area (Å²) in [5.41, 5.74) is -1.52. The summed E-state index contributed by atoms with van der Waals surface area (Å²) in [6, 6.07) is 15.7. The molecule has 11 nitrogen and oxygen atoms in total. The lowest BCUT2D eigenvalue weighted by Gasteiger charge is -2.37. The molecule has 0 spiro atoms. The van der Waals surface area contributed by atoms with E-state index in [-0.39, 0.29) is 19.8 Å². The Morgan fingerprint density at radius 1 is 1.00 bits per heavy atom. The van der Waals surface area contributed by atoms with Crippen molar-refractivity contribution in [1.82, 2.24) is 10.2 Å². The number of ether oxygens (including phenoxy) is 5. The van der Waals surface area contributed by atoms with Gasteiger partial charge in [-0.1, -0.05) is 42.5 Å². The molecule has 0 saturated carbocycles. The smallest absolute Gasteiger partial charge is 0.418 e. The molecule has 1 heterocycles. The number of hydrogen-bond acceptors (Lipinski definition) is 10. The molecule has 11 heteroatoms. The average Bonchev–Trinajstić information content (AvgIpc) is 3.17. The largest absolute Gasteiger partial charge is 0.497 e. The summed E-state index contributed by atoms with van der Waals surface area (Å²) in [5, 5.41) is 14.7. The Kier molecular flexibility index (Phi) is 10.9. The summed E-state index contributed by atoms with van der Waals surface area (Å²) >= 11 is 0. The maximum absolute atomic E-state index is 13.9. The van der Waals surface area contributed by atoms with Gasteiger partial charge in [-0.15, -0.1) is 0 Å². The third kappa shape index (κ3) is 7.42. The maximum atomic E-state index is 13.9. The highest BCUT2D eigenvalue weighted by Gasteiger charge is 2.68. The van der Waals surface area contributed by atoms with E-state index in [9.17, 15) is 19.5 Å². The van der Waals surface area contributed by atoms with Gasteiger partial charge in [0, 0.05) is 6.04 Å². The van der Waals surface area contributed by atoms with Gasteiger partial charge in [-0.05, 0) is 51.1 Å². The molecule has 1 saturated heterocycles. The van der Waals surface area contributed by atoms with Gasteiger partial charge in [0.05, 0.1) is 46.6 Å². The van der Waals surface area contributed by atoms with E-state index < -0.39 is 53.8 Å². The molecule has 0 unspecified atom stereocenters. The van der Waals surface area contributed by atoms with Crippen LogP contribution in [0.15, 0.2) is 54.6 Å². The average molecular weight is 573 g/mol. The van der Waals surface area contributed by atoms with Gasteiger partial charge < -0.3 is 34.1 Å². The molecule has 224 valence electrons. The maximum Gasteiger partial charge on any atom is 0.418 e. The van der Waals surface area contributed by atoms with Crippen molar-refractivity contribution >= 4 is 18.0 Å². The van der Waals surface area contributed by atoms with Crippen LogP contribution in [-0.2, 0) is 41.8 Å². The van der Waals surface area contributed by atoms with Gasteiger partial charge in [0.1, 0.15) is 17.5 Å². The molecule has 2 N–H and O–H groups in total. The van der Waals surface area contributed by atoms with E-state index in [4.69, 9.17) is 23.7 Å². The third-order valence-corrected chi connectivity index (χ3v) is 6.81. The number of nitrogens with zero attached hydrogens (tertiary/aromatic N) is 1. The van der Waals surface area contributed by atoms with E-state index in [1.165, 1.54) is 0 Å². The van der Waals surface area contributed by atoms with Crippen LogP contribution in [0.3, 0.4) is 0 Å². The lowest BCUT2D eigenvalue weighted by Crippen LogP contribution is -2.63. The van der Waals surface area contributed by atoms with Gasteiger partial charge >= 0.3 is 12.1 Å². The molecule has 2 amide bonds. The summed E-state index contributed by atoms with van der Waals surface area (Å²) in [5.74, 6) is -2.37. The van der Waals surface area contributed by atoms with Crippen LogP contribution in [0, 0.1) is 5.92 Å². The molecule has 1 fully saturated rings. The van der Waals surface area contributed by atoms with Gasteiger partial charge in [0.15, 0.2) is 0 Å². The Morgan fingerprint density at radius 2 is 1.61 bits per heavy atom. The summed E-state index contributed by atoms with van der Waals surface area (Å²) in [6.07, 6.45) is -2.79. The zero-order valence-electron chi connectivity index (χ0n) is 24.4. The lowest BCUT2D eigenvalue weighted by atomic mass is 9.85. The van der Waals surface area contributed by atoms with Crippen LogP contribution in [0.4, 0.5) is 4.79 Å². The van der Waals surface area contributed by atoms with Gasteiger partial charge in [0.25, 0.3) is 0 Å². The van der Waals surface area contributed by atoms with Crippen molar-refractivity contribution in [2.45, 2.75) is 57.3 Å². The standard InChI is InChI=1S/C30H40N2O9/c1-29(2,3)41-28(36)32-26(34)24(23(31-4)18-39-16-21-12-14-22(37-5)15-13-21)25(33)30(32,27(35)38-6)19-40-17-20-10-8-7-9-11-20/h7-15,23-25,31,33H,16-19H2,1-6H3/t23-,24-,25+,30-/m1/s1. The zero-order valence-corrected chi connectivity index (χ0v) is 24.4. The monoisotopic (exact) mass is 572 g/mol. The number of benzene rings is 2. The number of rotatable bonds is 12. The minimum absolute atomic E-state index is 0.0136. The number of imide groups is 1. The Hall–Kier alpha value is -3.51. The van der Waals surface area contributed by atoms with Crippen molar-refractivity contribution in [1.29, 1.82) is 0 Å². The number of methoxy groups -OCH3 is 2. The Bertz CT molecular complexity index is 1170. The molecule has 41 heavy (non-hydrogen) atoms. The Labute approximate surface area is 240 Å². The van der Waals surface area contributed by atoms with Crippen molar-refractivity contribution in [2.75, 3.05) is 34.5 Å². The molecule has 1 aliphatic heterocycles. The first kappa shape index (κ1) is 32.0. The first-order valence-electron chi connectivity index (χ1n) is 13.3. The van der Waals surface area contributed by atoms with Crippen LogP contribution in [0.5, 0.6) is 5.75 Å². The second kappa shape index (κ2) is 13.9. The number of carbonyl (C=O) groups is 3. The molecule has 3 rings (SSSR count). The fraction of sp³-hybridized carbons (Fsp3) is 0.500. The van der Waals surface area contributed by atoms with Gasteiger partial charge in [-0.25, -0.2) is 14.5 Å². The number of nitrogens with one attached hydrogen (secondary N) is 1. The summed E-state index contributed by atoms with van der Waals surface area (Å²) in [4.78, 5) is 41.4. The molecule has 4 atom stereocenters. The molecule has 0 bridgehead atoms. The molecule has 0 aliphatic carbocycles. The summed E-state index contributed by atoms with van der Waals surface area (Å²) < 4.78 is 27.5. The fourth-order valence-electron chi connectivity index (χ4n) is 4.75. The Balaban J connectivity index is 1.90. The molecular weight excluding hydrogens is 532 g/mol. The predicted octanol–water partition coefficient (Wildman–Crippen LogP) is 2.68. The number of aliphatic hydroxyl groups is 1. The van der Waals surface area contributed by atoms with E-state index in [1.807, 2.05) is 42.5 Å². The number of esters is 1. The minimum atomic E-state index is -2.20. The van der Waals surface area contributed by atoms with Crippen molar-refractivity contribution in [2.24, 2.45) is 5.92 Å². The Morgan fingerprint density at radius 3 is 2.17 bits per heavy atom. The molecule has 2 aromatic carbocycles. The van der Waals surface area contributed by atoms with E-state index >= 15 is 0 Å². The topological polar surface area (TPSA) is 133 Å². The van der Waals surface area contributed by atoms with Crippen LogP contribution in [0.2, 0.25) is 0 Å². The van der Waals surface area contributed by atoms with Gasteiger partial charge in [0.2, 0.25) is 11.4 Å². The van der Waals surface area contributed by atoms with Crippen LogP contribution in [0.1, 0.15) is 31.9 Å². The quantitative estimate of drug-likeness (QED) is 0.366. The van der Waals surface area contributed by atoms with Gasteiger partial charge in [-0.3, -0.25) is 4.79 Å². The van der Waals surface area contributed by atoms with E-state index in [2.05, 4.69) is 5.32 Å². The fourth-order valence-corrected chi connectivity index (χ4v) is 4.75. The number of likely N-dealkylation sites (N-methyl/N-ethyl adjacent to an activating group) is 1. The first-order chi connectivity index (χ1) is 19.5. The number of likely N-dealkylation sites (tertiary alicyclic amines) is 1. The normalized spacial score (nSPS) is 21.4. The molecule has 1 aliphatic rings. The van der Waals surface area contributed by atoms with Crippen molar-refractivity contribution in [3.05, 3.63) is 65.7 Å². The van der Waals surface area contributed by atoms with Gasteiger partial charge in [-0.2, -0.15) is 0 Å². The highest BCUT2D eigenvalue weighted by atomic mass is 16.6. The molecule has 0 radical (unpaired) electrons. The van der Waals surface area contributed by atoms with Crippen LogP contribution >= 0.6 is 0 Å². The predicted molar refractivity (Wildman–Crippen MR) is 149 cm³/mol. The number of carbonyl (C=O) groups excluding carboxylic acids is 3. The van der Waals surface area contributed by atoms with E-state index in [0.29, 0.717) is 10.6 Å². The highest BCUT2D eigenvalue weighted by molar-refractivity contribution is 6.04. The molecular formula is C30H40N2O9. The van der Waals surface area contributed by atoms with Crippen molar-refractivity contribution in [3.63, 3.8) is 0 Å². The lowest BCUT2D eigenvalue weighted by molar-refractivity contribution is -0.167. The zero-order chi connectivity index (χ0) is 30.2. The van der Waals surface area contributed by atoms with E-state index in [0.717, 1.165) is 18.2 Å². The van der Waals surface area contributed by atoms with Crippen LogP contribution in [0.25, 0.3) is 0 Å². The number of amides is 2. The van der Waals surface area contributed by atoms with Crippen LogP contribution < -0.4 is 10.1 Å². The second-order valence-electron chi connectivity index (χ2n) is 10.8. The number of aliphatic hydroxyl groups excluding tert-OH is 1. The molecule has 0 aromatic heterocycles. The first-order valence-corrected chi connectivity index (χ1v) is 13.3. The third-order valence-electron chi connectivity index (χ3n) is 6.81.